The number of carbonyl (C=O) groups excluding carboxylic acids is 4. The molecule has 0 unspecified atom stereocenters. The first-order chi connectivity index (χ1) is 26.1. The molecule has 4 fully saturated rings. The van der Waals surface area contributed by atoms with Gasteiger partial charge in [0, 0.05) is 29.3 Å². The van der Waals surface area contributed by atoms with Gasteiger partial charge in [0.2, 0.25) is 11.8 Å². The van der Waals surface area contributed by atoms with E-state index in [-0.39, 0.29) is 25.8 Å². The highest BCUT2D eigenvalue weighted by Crippen LogP contribution is 2.58. The van der Waals surface area contributed by atoms with Gasteiger partial charge < -0.3 is 39.8 Å². The molecule has 4 aliphatic rings. The molecular weight excluding hydrogens is 825 g/mol. The van der Waals surface area contributed by atoms with Crippen LogP contribution in [0.3, 0.4) is 0 Å². The normalized spacial score (nSPS) is 28.5. The summed E-state index contributed by atoms with van der Waals surface area (Å²) in [5.41, 5.74) is -1.39. The number of amides is 2. The lowest BCUT2D eigenvalue weighted by atomic mass is 9.62. The average molecular weight is 886 g/mol. The number of carbonyl (C=O) groups is 4. The van der Waals surface area contributed by atoms with Gasteiger partial charge in [-0.1, -0.05) is 57.7 Å². The van der Waals surface area contributed by atoms with Crippen molar-refractivity contribution in [1.29, 1.82) is 0 Å². The highest BCUT2D eigenvalue weighted by molar-refractivity contribution is 14.1. The SMILES string of the molecule is CCCCCC1(CCCCC)O[C@@H]2[C@H](O1)[C@H]1ON(Cc3ccccc3I)[C@H]3C(=O)O[C@@H]2C[C@@]13C(=O)N[C@@H](C(=O)N[C@H](CO)CCC(=O)OC(C)(C)C)[C@H](C)O. The lowest BCUT2D eigenvalue weighted by Crippen LogP contribution is -2.71. The van der Waals surface area contributed by atoms with Crippen LogP contribution in [0.5, 0.6) is 0 Å². The smallest absolute Gasteiger partial charge is 0.327 e. The molecule has 3 saturated heterocycles. The van der Waals surface area contributed by atoms with Crippen LogP contribution in [0.4, 0.5) is 0 Å². The largest absolute Gasteiger partial charge is 0.460 e. The maximum atomic E-state index is 15.0. The van der Waals surface area contributed by atoms with E-state index in [0.717, 1.165) is 47.7 Å². The molecule has 0 radical (unpaired) electrons. The molecule has 15 heteroatoms. The number of hydrogen-bond acceptors (Lipinski definition) is 12. The first-order valence-corrected chi connectivity index (χ1v) is 21.0. The number of nitrogens with one attached hydrogen (secondary N) is 2. The van der Waals surface area contributed by atoms with Crippen LogP contribution >= 0.6 is 22.6 Å². The summed E-state index contributed by atoms with van der Waals surface area (Å²) in [5.74, 6) is -3.50. The Morgan fingerprint density at radius 1 is 1.04 bits per heavy atom. The van der Waals surface area contributed by atoms with Gasteiger partial charge in [-0.3, -0.25) is 24.0 Å². The monoisotopic (exact) mass is 885 g/mol. The third kappa shape index (κ3) is 9.83. The number of hydrogen-bond donors (Lipinski definition) is 4. The predicted molar refractivity (Wildman–Crippen MR) is 209 cm³/mol. The zero-order valence-corrected chi connectivity index (χ0v) is 35.2. The third-order valence-electron chi connectivity index (χ3n) is 11.0. The molecule has 3 heterocycles. The molecule has 3 aliphatic heterocycles. The second kappa shape index (κ2) is 18.5. The van der Waals surface area contributed by atoms with Gasteiger partial charge in [0.05, 0.1) is 25.3 Å². The van der Waals surface area contributed by atoms with Crippen molar-refractivity contribution in [3.63, 3.8) is 0 Å². The molecule has 2 amide bonds. The summed E-state index contributed by atoms with van der Waals surface area (Å²) in [6, 6.07) is 4.15. The molecule has 0 aromatic heterocycles. The molecule has 4 N–H and O–H groups in total. The van der Waals surface area contributed by atoms with Crippen LogP contribution in [0, 0.1) is 8.99 Å². The summed E-state index contributed by atoms with van der Waals surface area (Å²) >= 11 is 2.22. The number of ether oxygens (including phenoxy) is 4. The summed E-state index contributed by atoms with van der Waals surface area (Å²) in [4.78, 5) is 61.9. The van der Waals surface area contributed by atoms with E-state index in [1.165, 1.54) is 12.0 Å². The molecule has 0 spiro atoms. The van der Waals surface area contributed by atoms with E-state index in [0.29, 0.717) is 12.8 Å². The fourth-order valence-corrected chi connectivity index (χ4v) is 8.91. The molecule has 5 rings (SSSR count). The van der Waals surface area contributed by atoms with E-state index in [1.807, 2.05) is 24.3 Å². The van der Waals surface area contributed by atoms with Crippen LogP contribution in [-0.2, 0) is 49.5 Å². The number of aliphatic hydroxyl groups excluding tert-OH is 2. The van der Waals surface area contributed by atoms with Crippen LogP contribution in [0.25, 0.3) is 0 Å². The van der Waals surface area contributed by atoms with Gasteiger partial charge >= 0.3 is 11.9 Å². The number of esters is 2. The maximum absolute atomic E-state index is 15.0. The van der Waals surface area contributed by atoms with E-state index >= 15 is 0 Å². The van der Waals surface area contributed by atoms with Gasteiger partial charge in [0.1, 0.15) is 41.5 Å². The first kappa shape index (κ1) is 43.7. The van der Waals surface area contributed by atoms with Crippen molar-refractivity contribution in [2.75, 3.05) is 6.61 Å². The first-order valence-electron chi connectivity index (χ1n) is 19.9. The zero-order valence-electron chi connectivity index (χ0n) is 33.0. The summed E-state index contributed by atoms with van der Waals surface area (Å²) in [6.07, 6.45) is 2.49. The van der Waals surface area contributed by atoms with Gasteiger partial charge in [-0.2, -0.15) is 5.06 Å². The minimum absolute atomic E-state index is 0.0517. The Bertz CT molecular complexity index is 1510. The van der Waals surface area contributed by atoms with E-state index in [2.05, 4.69) is 47.1 Å². The number of halogens is 1. The Morgan fingerprint density at radius 2 is 1.69 bits per heavy atom. The van der Waals surface area contributed by atoms with Gasteiger partial charge in [-0.15, -0.1) is 0 Å². The van der Waals surface area contributed by atoms with Gasteiger partial charge in [-0.25, -0.2) is 0 Å². The number of benzene rings is 1. The number of nitrogens with zero attached hydrogens (tertiary/aromatic N) is 1. The Balaban J connectivity index is 1.45. The molecule has 1 aromatic rings. The van der Waals surface area contributed by atoms with Crippen LogP contribution in [0.1, 0.15) is 118 Å². The lowest BCUT2D eigenvalue weighted by molar-refractivity contribution is -0.224. The fraction of sp³-hybridized carbons (Fsp3) is 0.750. The highest BCUT2D eigenvalue weighted by atomic mass is 127. The molecule has 14 nitrogen and oxygen atoms in total. The third-order valence-corrected chi connectivity index (χ3v) is 12.1. The number of aliphatic hydroxyl groups is 2. The molecule has 55 heavy (non-hydrogen) atoms. The summed E-state index contributed by atoms with van der Waals surface area (Å²) in [5, 5.41) is 27.9. The second-order valence-electron chi connectivity index (χ2n) is 16.5. The van der Waals surface area contributed by atoms with Crippen molar-refractivity contribution < 1.29 is 53.2 Å². The Labute approximate surface area is 338 Å². The van der Waals surface area contributed by atoms with Crippen LogP contribution in [-0.4, -0.2) is 106 Å². The summed E-state index contributed by atoms with van der Waals surface area (Å²) < 4.78 is 26.2. The van der Waals surface area contributed by atoms with Crippen molar-refractivity contribution in [2.45, 2.75) is 179 Å². The molecular formula is C40H60IN3O11. The molecule has 308 valence electrons. The highest BCUT2D eigenvalue weighted by Gasteiger charge is 2.76. The number of unbranched alkanes of at least 4 members (excludes halogenated alkanes) is 4. The minimum Gasteiger partial charge on any atom is -0.460 e. The average Bonchev–Trinajstić information content (AvgIpc) is 3.67. The molecule has 1 saturated carbocycles. The van der Waals surface area contributed by atoms with Crippen molar-refractivity contribution >= 4 is 46.3 Å². The van der Waals surface area contributed by atoms with Crippen molar-refractivity contribution in [3.05, 3.63) is 33.4 Å². The predicted octanol–water partition coefficient (Wildman–Crippen LogP) is 4.20. The van der Waals surface area contributed by atoms with E-state index in [9.17, 15) is 29.4 Å². The fourth-order valence-electron chi connectivity index (χ4n) is 8.36. The summed E-state index contributed by atoms with van der Waals surface area (Å²) in [7, 11) is 0. The van der Waals surface area contributed by atoms with Crippen molar-refractivity contribution in [1.82, 2.24) is 15.7 Å². The number of hydroxylamine groups is 2. The van der Waals surface area contributed by atoms with Crippen molar-refractivity contribution in [2.24, 2.45) is 5.41 Å². The second-order valence-corrected chi connectivity index (χ2v) is 17.7. The quantitative estimate of drug-likeness (QED) is 0.0885. The maximum Gasteiger partial charge on any atom is 0.327 e. The van der Waals surface area contributed by atoms with Gasteiger partial charge in [-0.05, 0) is 81.2 Å². The standard InChI is InChI=1S/C40H60IN3O11/c1-7-9-13-19-39(20-14-10-8-2)53-31-28-21-40(33(36(49)51-28)44(55-34(40)32(31)54-39)22-25-15-11-12-16-27(25)41)37(50)43-30(24(3)46)35(48)42-26(23-45)17-18-29(47)52-38(4,5)6/h11-12,15-16,24,26,28,30-34,45-46H,7-10,13-14,17-23H2,1-6H3,(H,42,48)(H,43,50)/t24-,26-,28+,30+,31-,32-,33-,34+,40-/m0/s1. The van der Waals surface area contributed by atoms with E-state index in [4.69, 9.17) is 23.8 Å². The molecule has 1 aromatic carbocycles. The molecule has 2 bridgehead atoms. The van der Waals surface area contributed by atoms with Crippen LogP contribution < -0.4 is 10.6 Å². The van der Waals surface area contributed by atoms with Crippen LogP contribution in [0.15, 0.2) is 24.3 Å². The Hall–Kier alpha value is -2.41. The molecule has 9 atom stereocenters. The minimum atomic E-state index is -1.58. The number of rotatable bonds is 19. The Kier molecular flexibility index (Phi) is 14.7. The lowest BCUT2D eigenvalue weighted by Gasteiger charge is -2.49. The van der Waals surface area contributed by atoms with E-state index in [1.54, 1.807) is 20.8 Å². The molecule has 1 aliphatic carbocycles. The summed E-state index contributed by atoms with van der Waals surface area (Å²) in [6.45, 7) is 10.5. The van der Waals surface area contributed by atoms with Crippen molar-refractivity contribution in [3.8, 4) is 0 Å². The van der Waals surface area contributed by atoms with E-state index < -0.39 is 95.8 Å². The van der Waals surface area contributed by atoms with Gasteiger partial charge in [0.25, 0.3) is 0 Å². The number of fused-ring (bicyclic) bond motifs is 4. The Morgan fingerprint density at radius 3 is 2.29 bits per heavy atom. The zero-order chi connectivity index (χ0) is 40.1. The van der Waals surface area contributed by atoms with Gasteiger partial charge in [0.15, 0.2) is 11.8 Å². The van der Waals surface area contributed by atoms with Crippen LogP contribution in [0.2, 0.25) is 0 Å². The topological polar surface area (TPSA) is 182 Å².